The number of carbonyl (C=O) groups excluding carboxylic acids is 3. The summed E-state index contributed by atoms with van der Waals surface area (Å²) in [6.45, 7) is 2.83. The van der Waals surface area contributed by atoms with Crippen LogP contribution in [0, 0.1) is 13.8 Å². The van der Waals surface area contributed by atoms with E-state index in [1.807, 2.05) is 13.8 Å². The van der Waals surface area contributed by atoms with Crippen LogP contribution in [-0.2, 0) is 19.1 Å². The number of likely N-dealkylation sites (N-methyl/N-ethyl adjacent to an activating group) is 1. The number of hydrogen-bond acceptors (Lipinski definition) is 5. The van der Waals surface area contributed by atoms with Gasteiger partial charge in [-0.05, 0) is 49.9 Å². The Hall–Kier alpha value is -2.28. The molecule has 1 aliphatic rings. The number of nitrogens with zero attached hydrogens (tertiary/aromatic N) is 1. The van der Waals surface area contributed by atoms with E-state index in [1.54, 1.807) is 12.1 Å². The maximum atomic E-state index is 11.9. The van der Waals surface area contributed by atoms with E-state index < -0.39 is 18.5 Å². The maximum Gasteiger partial charge on any atom is 0.344 e. The molecule has 1 aliphatic carbocycles. The van der Waals surface area contributed by atoms with Gasteiger partial charge >= 0.3 is 5.97 Å². The first-order valence-electron chi connectivity index (χ1n) is 8.34. The molecule has 1 N–H and O–H groups in total. The van der Waals surface area contributed by atoms with E-state index in [-0.39, 0.29) is 25.1 Å². The van der Waals surface area contributed by atoms with Gasteiger partial charge < -0.3 is 19.7 Å². The molecule has 26 heavy (non-hydrogen) atoms. The first-order valence-corrected chi connectivity index (χ1v) is 8.72. The normalized spacial score (nSPS) is 13.1. The predicted molar refractivity (Wildman–Crippen MR) is 96.2 cm³/mol. The smallest absolute Gasteiger partial charge is 0.344 e. The molecule has 0 heterocycles. The first kappa shape index (κ1) is 20.0. The molecule has 0 atom stereocenters. The lowest BCUT2D eigenvalue weighted by atomic mass is 10.1. The zero-order valence-electron chi connectivity index (χ0n) is 15.1. The highest BCUT2D eigenvalue weighted by atomic mass is 35.5. The minimum absolute atomic E-state index is 0.0629. The first-order chi connectivity index (χ1) is 12.3. The molecule has 0 aliphatic heterocycles. The van der Waals surface area contributed by atoms with Gasteiger partial charge in [0.2, 0.25) is 5.91 Å². The van der Waals surface area contributed by atoms with E-state index in [4.69, 9.17) is 21.1 Å². The maximum absolute atomic E-state index is 11.9. The van der Waals surface area contributed by atoms with Crippen molar-refractivity contribution in [2.75, 3.05) is 26.8 Å². The molecule has 1 fully saturated rings. The van der Waals surface area contributed by atoms with Crippen molar-refractivity contribution in [3.63, 3.8) is 0 Å². The Balaban J connectivity index is 1.72. The molecule has 2 amide bonds. The number of benzene rings is 1. The van der Waals surface area contributed by atoms with Gasteiger partial charge in [0.1, 0.15) is 5.75 Å². The molecule has 0 spiro atoms. The zero-order chi connectivity index (χ0) is 19.3. The Morgan fingerprint density at radius 2 is 1.81 bits per heavy atom. The Labute approximate surface area is 157 Å². The van der Waals surface area contributed by atoms with E-state index in [2.05, 4.69) is 5.32 Å². The lowest BCUT2D eigenvalue weighted by molar-refractivity contribution is -0.153. The second kappa shape index (κ2) is 8.89. The molecule has 1 aromatic carbocycles. The van der Waals surface area contributed by atoms with Crippen LogP contribution in [0.15, 0.2) is 12.1 Å². The van der Waals surface area contributed by atoms with E-state index in [0.29, 0.717) is 10.8 Å². The summed E-state index contributed by atoms with van der Waals surface area (Å²) >= 11 is 5.95. The molecule has 1 saturated carbocycles. The Kier molecular flexibility index (Phi) is 6.85. The van der Waals surface area contributed by atoms with Gasteiger partial charge in [0.15, 0.2) is 13.2 Å². The van der Waals surface area contributed by atoms with Gasteiger partial charge in [-0.25, -0.2) is 4.79 Å². The largest absolute Gasteiger partial charge is 0.481 e. The number of hydrogen-bond donors (Lipinski definition) is 1. The van der Waals surface area contributed by atoms with Crippen molar-refractivity contribution in [3.8, 4) is 5.75 Å². The Morgan fingerprint density at radius 1 is 1.19 bits per heavy atom. The fourth-order valence-corrected chi connectivity index (χ4v) is 2.68. The fourth-order valence-electron chi connectivity index (χ4n) is 2.35. The lowest BCUT2D eigenvalue weighted by Gasteiger charge is -2.17. The predicted octanol–water partition coefficient (Wildman–Crippen LogP) is 1.62. The summed E-state index contributed by atoms with van der Waals surface area (Å²) < 4.78 is 10.4. The molecule has 1 aromatic rings. The summed E-state index contributed by atoms with van der Waals surface area (Å²) in [7, 11) is 1.49. The lowest BCUT2D eigenvalue weighted by Crippen LogP contribution is -2.41. The number of aryl methyl sites for hydroxylation is 2. The van der Waals surface area contributed by atoms with Crippen molar-refractivity contribution in [2.24, 2.45) is 0 Å². The molecule has 142 valence electrons. The zero-order valence-corrected chi connectivity index (χ0v) is 15.9. The van der Waals surface area contributed by atoms with E-state index in [0.717, 1.165) is 24.0 Å². The molecular weight excluding hydrogens is 360 g/mol. The van der Waals surface area contributed by atoms with Crippen molar-refractivity contribution in [1.29, 1.82) is 0 Å². The van der Waals surface area contributed by atoms with Crippen LogP contribution in [0.1, 0.15) is 24.0 Å². The van der Waals surface area contributed by atoms with Crippen LogP contribution in [0.3, 0.4) is 0 Å². The average Bonchev–Trinajstić information content (AvgIpc) is 3.35. The topological polar surface area (TPSA) is 84.9 Å². The van der Waals surface area contributed by atoms with Crippen LogP contribution in [0.4, 0.5) is 0 Å². The number of carbonyl (C=O) groups is 3. The third-order valence-corrected chi connectivity index (χ3v) is 4.08. The van der Waals surface area contributed by atoms with Gasteiger partial charge in [0, 0.05) is 18.1 Å². The summed E-state index contributed by atoms with van der Waals surface area (Å²) in [6, 6.07) is 3.71. The second-order valence-corrected chi connectivity index (χ2v) is 6.85. The summed E-state index contributed by atoms with van der Waals surface area (Å²) in [4.78, 5) is 36.6. The number of esters is 1. The number of ether oxygens (including phenoxy) is 2. The number of amides is 2. The number of halogens is 1. The molecule has 7 nitrogen and oxygen atoms in total. The summed E-state index contributed by atoms with van der Waals surface area (Å²) in [5.41, 5.74) is 1.61. The van der Waals surface area contributed by atoms with Crippen molar-refractivity contribution in [3.05, 3.63) is 28.3 Å². The van der Waals surface area contributed by atoms with Gasteiger partial charge in [-0.15, -0.1) is 0 Å². The summed E-state index contributed by atoms with van der Waals surface area (Å²) in [5.74, 6) is -0.774. The standard InChI is InChI=1S/C18H23ClN2O5/c1-11-6-13(19)7-12(2)18(11)26-10-17(24)25-9-16(23)21(3)8-15(22)20-14-4-5-14/h6-7,14H,4-5,8-10H2,1-3H3,(H,20,22). The monoisotopic (exact) mass is 382 g/mol. The minimum Gasteiger partial charge on any atom is -0.481 e. The molecule has 0 saturated heterocycles. The summed E-state index contributed by atoms with van der Waals surface area (Å²) in [5, 5.41) is 3.38. The van der Waals surface area contributed by atoms with Crippen LogP contribution >= 0.6 is 11.6 Å². The third kappa shape index (κ3) is 6.22. The van der Waals surface area contributed by atoms with Crippen LogP contribution < -0.4 is 10.1 Å². The quantitative estimate of drug-likeness (QED) is 0.690. The Bertz CT molecular complexity index is 680. The fraction of sp³-hybridized carbons (Fsp3) is 0.500. The molecular formula is C18H23ClN2O5. The van der Waals surface area contributed by atoms with Gasteiger partial charge in [-0.1, -0.05) is 11.6 Å². The van der Waals surface area contributed by atoms with E-state index in [9.17, 15) is 14.4 Å². The van der Waals surface area contributed by atoms with Crippen LogP contribution in [-0.4, -0.2) is 55.5 Å². The van der Waals surface area contributed by atoms with Crippen LogP contribution in [0.25, 0.3) is 0 Å². The van der Waals surface area contributed by atoms with Crippen molar-refractivity contribution in [2.45, 2.75) is 32.7 Å². The molecule has 2 rings (SSSR count). The molecule has 0 unspecified atom stereocenters. The molecule has 0 bridgehead atoms. The number of nitrogens with one attached hydrogen (secondary N) is 1. The summed E-state index contributed by atoms with van der Waals surface area (Å²) in [6.07, 6.45) is 1.96. The number of rotatable bonds is 8. The van der Waals surface area contributed by atoms with Gasteiger partial charge in [-0.3, -0.25) is 9.59 Å². The van der Waals surface area contributed by atoms with Gasteiger partial charge in [-0.2, -0.15) is 0 Å². The SMILES string of the molecule is Cc1cc(Cl)cc(C)c1OCC(=O)OCC(=O)N(C)CC(=O)NC1CC1. The van der Waals surface area contributed by atoms with Crippen molar-refractivity contribution < 1.29 is 23.9 Å². The minimum atomic E-state index is -0.664. The van der Waals surface area contributed by atoms with E-state index in [1.165, 1.54) is 11.9 Å². The van der Waals surface area contributed by atoms with Crippen LogP contribution in [0.5, 0.6) is 5.75 Å². The van der Waals surface area contributed by atoms with Crippen LogP contribution in [0.2, 0.25) is 5.02 Å². The second-order valence-electron chi connectivity index (χ2n) is 6.41. The molecule has 0 aromatic heterocycles. The highest BCUT2D eigenvalue weighted by molar-refractivity contribution is 6.30. The van der Waals surface area contributed by atoms with Gasteiger partial charge in [0.05, 0.1) is 6.54 Å². The third-order valence-electron chi connectivity index (χ3n) is 3.87. The highest BCUT2D eigenvalue weighted by Crippen LogP contribution is 2.26. The average molecular weight is 383 g/mol. The van der Waals surface area contributed by atoms with Crippen molar-refractivity contribution in [1.82, 2.24) is 10.2 Å². The molecule has 0 radical (unpaired) electrons. The molecule has 8 heteroatoms. The highest BCUT2D eigenvalue weighted by Gasteiger charge is 2.24. The Morgan fingerprint density at radius 3 is 2.38 bits per heavy atom. The van der Waals surface area contributed by atoms with Gasteiger partial charge in [0.25, 0.3) is 5.91 Å². The van der Waals surface area contributed by atoms with E-state index >= 15 is 0 Å². The van der Waals surface area contributed by atoms with Crippen molar-refractivity contribution >= 4 is 29.4 Å².